The zero-order chi connectivity index (χ0) is 11.6. The number of aryl methyl sites for hydroxylation is 1. The first kappa shape index (κ1) is 11.9. The highest BCUT2D eigenvalue weighted by Gasteiger charge is 2.19. The summed E-state index contributed by atoms with van der Waals surface area (Å²) in [6.07, 6.45) is 0. The molecule has 0 aliphatic carbocycles. The molecule has 0 atom stereocenters. The van der Waals surface area contributed by atoms with Crippen LogP contribution in [0.5, 0.6) is 11.5 Å². The zero-order valence-corrected chi connectivity index (χ0v) is 10.0. The van der Waals surface area contributed by atoms with E-state index < -0.39 is 0 Å². The van der Waals surface area contributed by atoms with Crippen molar-refractivity contribution in [3.63, 3.8) is 0 Å². The van der Waals surface area contributed by atoms with Gasteiger partial charge in [0.25, 0.3) is 0 Å². The summed E-state index contributed by atoms with van der Waals surface area (Å²) in [4.78, 5) is 0. The van der Waals surface area contributed by atoms with E-state index in [2.05, 4.69) is 0 Å². The highest BCUT2D eigenvalue weighted by Crippen LogP contribution is 2.33. The van der Waals surface area contributed by atoms with E-state index in [1.807, 2.05) is 32.9 Å². The molecular weight excluding hydrogens is 190 g/mol. The lowest BCUT2D eigenvalue weighted by Crippen LogP contribution is -2.29. The molecule has 0 amide bonds. The van der Waals surface area contributed by atoms with Gasteiger partial charge in [0.2, 0.25) is 0 Å². The van der Waals surface area contributed by atoms with Gasteiger partial charge in [0.05, 0.1) is 14.2 Å². The van der Waals surface area contributed by atoms with Crippen molar-refractivity contribution >= 4 is 0 Å². The van der Waals surface area contributed by atoms with E-state index in [4.69, 9.17) is 15.2 Å². The number of nitrogens with two attached hydrogens (primary N) is 1. The molecule has 3 nitrogen and oxygen atoms in total. The molecule has 1 aromatic carbocycles. The molecule has 0 aliphatic heterocycles. The summed E-state index contributed by atoms with van der Waals surface area (Å²) in [5.74, 6) is 1.46. The number of benzene rings is 1. The smallest absolute Gasteiger partial charge is 0.161 e. The van der Waals surface area contributed by atoms with E-state index >= 15 is 0 Å². The van der Waals surface area contributed by atoms with E-state index in [0.29, 0.717) is 0 Å². The lowest BCUT2D eigenvalue weighted by molar-refractivity contribution is 0.353. The van der Waals surface area contributed by atoms with Crippen LogP contribution in [-0.4, -0.2) is 14.2 Å². The second-order valence-corrected chi connectivity index (χ2v) is 4.24. The van der Waals surface area contributed by atoms with E-state index in [9.17, 15) is 0 Å². The number of hydrogen-bond donors (Lipinski definition) is 1. The van der Waals surface area contributed by atoms with Crippen molar-refractivity contribution in [2.45, 2.75) is 26.3 Å². The van der Waals surface area contributed by atoms with Gasteiger partial charge in [0.15, 0.2) is 11.5 Å². The third-order valence-electron chi connectivity index (χ3n) is 2.42. The molecule has 0 spiro atoms. The third-order valence-corrected chi connectivity index (χ3v) is 2.42. The SMILES string of the molecule is COc1cc(C)c(C(C)(C)N)cc1OC. The number of hydrogen-bond acceptors (Lipinski definition) is 3. The Balaban J connectivity index is 3.32. The summed E-state index contributed by atoms with van der Waals surface area (Å²) in [7, 11) is 3.25. The first-order valence-electron chi connectivity index (χ1n) is 4.92. The second kappa shape index (κ2) is 4.11. The molecule has 2 N–H and O–H groups in total. The van der Waals surface area contributed by atoms with Crippen LogP contribution in [0.4, 0.5) is 0 Å². The van der Waals surface area contributed by atoms with Crippen LogP contribution in [0.25, 0.3) is 0 Å². The van der Waals surface area contributed by atoms with Gasteiger partial charge >= 0.3 is 0 Å². The maximum Gasteiger partial charge on any atom is 0.161 e. The van der Waals surface area contributed by atoms with E-state index in [1.165, 1.54) is 0 Å². The average molecular weight is 209 g/mol. The molecule has 0 aromatic heterocycles. The Morgan fingerprint density at radius 3 is 1.93 bits per heavy atom. The molecule has 0 fully saturated rings. The Morgan fingerprint density at radius 1 is 1.07 bits per heavy atom. The van der Waals surface area contributed by atoms with Gasteiger partial charge in [0, 0.05) is 5.54 Å². The van der Waals surface area contributed by atoms with Gasteiger partial charge in [0.1, 0.15) is 0 Å². The van der Waals surface area contributed by atoms with Gasteiger partial charge in [-0.05, 0) is 44.0 Å². The minimum absolute atomic E-state index is 0.371. The minimum Gasteiger partial charge on any atom is -0.493 e. The van der Waals surface area contributed by atoms with Gasteiger partial charge in [-0.15, -0.1) is 0 Å². The Kier molecular flexibility index (Phi) is 3.25. The van der Waals surface area contributed by atoms with Crippen LogP contribution in [0, 0.1) is 6.92 Å². The van der Waals surface area contributed by atoms with Gasteiger partial charge in [-0.2, -0.15) is 0 Å². The van der Waals surface area contributed by atoms with Crippen molar-refractivity contribution in [3.05, 3.63) is 23.3 Å². The monoisotopic (exact) mass is 209 g/mol. The van der Waals surface area contributed by atoms with Gasteiger partial charge in [-0.3, -0.25) is 0 Å². The summed E-state index contributed by atoms with van der Waals surface area (Å²) < 4.78 is 10.5. The Bertz CT molecular complexity index is 353. The molecule has 0 aliphatic rings. The molecule has 0 unspecified atom stereocenters. The summed E-state index contributed by atoms with van der Waals surface area (Å²) in [5.41, 5.74) is 7.89. The Morgan fingerprint density at radius 2 is 1.53 bits per heavy atom. The standard InChI is InChI=1S/C12H19NO2/c1-8-6-10(14-4)11(15-5)7-9(8)12(2,3)13/h6-7H,13H2,1-5H3. The first-order valence-corrected chi connectivity index (χ1v) is 4.92. The maximum atomic E-state index is 6.08. The van der Waals surface area contributed by atoms with Crippen molar-refractivity contribution < 1.29 is 9.47 Å². The largest absolute Gasteiger partial charge is 0.493 e. The highest BCUT2D eigenvalue weighted by molar-refractivity contribution is 5.48. The van der Waals surface area contributed by atoms with Crippen LogP contribution in [0.2, 0.25) is 0 Å². The van der Waals surface area contributed by atoms with Crippen LogP contribution >= 0.6 is 0 Å². The molecule has 3 heteroatoms. The van der Waals surface area contributed by atoms with Gasteiger partial charge in [-0.25, -0.2) is 0 Å². The molecule has 0 radical (unpaired) electrons. The number of ether oxygens (including phenoxy) is 2. The van der Waals surface area contributed by atoms with Gasteiger partial charge in [-0.1, -0.05) is 0 Å². The molecule has 0 heterocycles. The fourth-order valence-corrected chi connectivity index (χ4v) is 1.67. The summed E-state index contributed by atoms with van der Waals surface area (Å²) in [6, 6.07) is 3.89. The zero-order valence-electron chi connectivity index (χ0n) is 10.0. The van der Waals surface area contributed by atoms with Crippen LogP contribution in [0.3, 0.4) is 0 Å². The minimum atomic E-state index is -0.371. The van der Waals surface area contributed by atoms with Crippen molar-refractivity contribution in [1.82, 2.24) is 0 Å². The molecule has 0 saturated carbocycles. The number of rotatable bonds is 3. The van der Waals surface area contributed by atoms with E-state index in [-0.39, 0.29) is 5.54 Å². The first-order chi connectivity index (χ1) is 6.90. The predicted molar refractivity (Wildman–Crippen MR) is 61.5 cm³/mol. The molecule has 1 aromatic rings. The van der Waals surface area contributed by atoms with Gasteiger partial charge < -0.3 is 15.2 Å². The highest BCUT2D eigenvalue weighted by atomic mass is 16.5. The Labute approximate surface area is 91.2 Å². The topological polar surface area (TPSA) is 44.5 Å². The molecule has 84 valence electrons. The summed E-state index contributed by atoms with van der Waals surface area (Å²) in [6.45, 7) is 5.97. The summed E-state index contributed by atoms with van der Waals surface area (Å²) in [5, 5.41) is 0. The third kappa shape index (κ3) is 2.42. The average Bonchev–Trinajstić information content (AvgIpc) is 2.15. The lowest BCUT2D eigenvalue weighted by atomic mass is 9.91. The maximum absolute atomic E-state index is 6.08. The van der Waals surface area contributed by atoms with Crippen LogP contribution in [0.1, 0.15) is 25.0 Å². The fourth-order valence-electron chi connectivity index (χ4n) is 1.67. The molecule has 15 heavy (non-hydrogen) atoms. The van der Waals surface area contributed by atoms with Crippen LogP contribution in [0.15, 0.2) is 12.1 Å². The molecule has 1 rings (SSSR count). The van der Waals surface area contributed by atoms with E-state index in [1.54, 1.807) is 14.2 Å². The lowest BCUT2D eigenvalue weighted by Gasteiger charge is -2.23. The van der Waals surface area contributed by atoms with E-state index in [0.717, 1.165) is 22.6 Å². The van der Waals surface area contributed by atoms with Crippen molar-refractivity contribution in [2.24, 2.45) is 5.73 Å². The summed E-state index contributed by atoms with van der Waals surface area (Å²) >= 11 is 0. The van der Waals surface area contributed by atoms with Crippen molar-refractivity contribution in [1.29, 1.82) is 0 Å². The van der Waals surface area contributed by atoms with Crippen LogP contribution < -0.4 is 15.2 Å². The quantitative estimate of drug-likeness (QED) is 0.830. The molecular formula is C12H19NO2. The fraction of sp³-hybridized carbons (Fsp3) is 0.500. The molecule has 0 saturated heterocycles. The second-order valence-electron chi connectivity index (χ2n) is 4.24. The van der Waals surface area contributed by atoms with Crippen LogP contribution in [-0.2, 0) is 5.54 Å². The van der Waals surface area contributed by atoms with Crippen molar-refractivity contribution in [2.75, 3.05) is 14.2 Å². The molecule has 0 bridgehead atoms. The Hall–Kier alpha value is -1.22. The predicted octanol–water partition coefficient (Wildman–Crippen LogP) is 2.21. The normalized spacial score (nSPS) is 11.3. The number of methoxy groups -OCH3 is 2. The van der Waals surface area contributed by atoms with Crippen molar-refractivity contribution in [3.8, 4) is 11.5 Å².